The Kier molecular flexibility index (Phi) is 3.98. The summed E-state index contributed by atoms with van der Waals surface area (Å²) >= 11 is 1.50. The summed E-state index contributed by atoms with van der Waals surface area (Å²) in [6.07, 6.45) is 0.927. The standard InChI is InChI=1S/C15H14N2OS/c1-3-12-8-9-14(19-12)15(18)17(2)13-7-5-4-6-11(13)10-16/h4-9H,3H2,1-2H3. The Labute approximate surface area is 116 Å². The molecule has 1 aromatic carbocycles. The van der Waals surface area contributed by atoms with Crippen molar-refractivity contribution in [3.05, 3.63) is 51.7 Å². The highest BCUT2D eigenvalue weighted by atomic mass is 32.1. The number of carbonyl (C=O) groups is 1. The Morgan fingerprint density at radius 2 is 2.05 bits per heavy atom. The van der Waals surface area contributed by atoms with Gasteiger partial charge in [-0.2, -0.15) is 5.26 Å². The van der Waals surface area contributed by atoms with Crippen LogP contribution in [0.2, 0.25) is 0 Å². The predicted molar refractivity (Wildman–Crippen MR) is 77.6 cm³/mol. The second kappa shape index (κ2) is 5.68. The maximum absolute atomic E-state index is 12.4. The molecule has 0 atom stereocenters. The molecule has 1 amide bonds. The van der Waals surface area contributed by atoms with Gasteiger partial charge in [0.15, 0.2) is 0 Å². The Morgan fingerprint density at radius 3 is 2.68 bits per heavy atom. The van der Waals surface area contributed by atoms with Crippen molar-refractivity contribution < 1.29 is 4.79 Å². The molecule has 0 saturated heterocycles. The van der Waals surface area contributed by atoms with Crippen molar-refractivity contribution in [2.24, 2.45) is 0 Å². The number of hydrogen-bond acceptors (Lipinski definition) is 3. The zero-order chi connectivity index (χ0) is 13.8. The van der Waals surface area contributed by atoms with Crippen LogP contribution in [0.15, 0.2) is 36.4 Å². The Hall–Kier alpha value is -2.12. The summed E-state index contributed by atoms with van der Waals surface area (Å²) in [5.41, 5.74) is 1.15. The van der Waals surface area contributed by atoms with E-state index in [1.807, 2.05) is 18.2 Å². The first-order chi connectivity index (χ1) is 9.17. The van der Waals surface area contributed by atoms with Crippen LogP contribution < -0.4 is 4.90 Å². The van der Waals surface area contributed by atoms with Gasteiger partial charge in [-0.15, -0.1) is 11.3 Å². The number of carbonyl (C=O) groups excluding carboxylic acids is 1. The van der Waals surface area contributed by atoms with Crippen molar-refractivity contribution in [1.29, 1.82) is 5.26 Å². The van der Waals surface area contributed by atoms with E-state index in [1.165, 1.54) is 21.1 Å². The van der Waals surface area contributed by atoms with E-state index in [-0.39, 0.29) is 5.91 Å². The number of aryl methyl sites for hydroxylation is 1. The summed E-state index contributed by atoms with van der Waals surface area (Å²) in [6, 6.07) is 13.0. The number of para-hydroxylation sites is 1. The molecular formula is C15H14N2OS. The van der Waals surface area contributed by atoms with Gasteiger partial charge in [0.05, 0.1) is 16.1 Å². The van der Waals surface area contributed by atoms with Crippen LogP contribution in [-0.4, -0.2) is 13.0 Å². The summed E-state index contributed by atoms with van der Waals surface area (Å²) in [5.74, 6) is -0.0765. The molecule has 0 bridgehead atoms. The summed E-state index contributed by atoms with van der Waals surface area (Å²) in [5, 5.41) is 9.08. The number of hydrogen-bond donors (Lipinski definition) is 0. The molecule has 2 aromatic rings. The van der Waals surface area contributed by atoms with E-state index in [0.717, 1.165) is 6.42 Å². The van der Waals surface area contributed by atoms with Crippen LogP contribution >= 0.6 is 11.3 Å². The van der Waals surface area contributed by atoms with Crippen molar-refractivity contribution in [2.75, 3.05) is 11.9 Å². The molecule has 96 valence electrons. The monoisotopic (exact) mass is 270 g/mol. The van der Waals surface area contributed by atoms with Gasteiger partial charge in [0.1, 0.15) is 6.07 Å². The number of thiophene rings is 1. The number of amides is 1. The largest absolute Gasteiger partial charge is 0.309 e. The lowest BCUT2D eigenvalue weighted by atomic mass is 10.2. The highest BCUT2D eigenvalue weighted by molar-refractivity contribution is 7.14. The van der Waals surface area contributed by atoms with E-state index in [9.17, 15) is 4.79 Å². The van der Waals surface area contributed by atoms with Gasteiger partial charge in [0.25, 0.3) is 5.91 Å². The minimum Gasteiger partial charge on any atom is -0.309 e. The molecule has 0 aliphatic rings. The van der Waals surface area contributed by atoms with Crippen molar-refractivity contribution >= 4 is 22.9 Å². The van der Waals surface area contributed by atoms with E-state index in [4.69, 9.17) is 5.26 Å². The van der Waals surface area contributed by atoms with Gasteiger partial charge in [-0.1, -0.05) is 19.1 Å². The number of benzene rings is 1. The molecule has 1 heterocycles. The molecule has 4 heteroatoms. The average molecular weight is 270 g/mol. The van der Waals surface area contributed by atoms with Gasteiger partial charge in [-0.3, -0.25) is 4.79 Å². The summed E-state index contributed by atoms with van der Waals surface area (Å²) in [6.45, 7) is 2.06. The summed E-state index contributed by atoms with van der Waals surface area (Å²) in [7, 11) is 1.70. The molecule has 19 heavy (non-hydrogen) atoms. The van der Waals surface area contributed by atoms with Crippen molar-refractivity contribution in [3.8, 4) is 6.07 Å². The third-order valence-corrected chi connectivity index (χ3v) is 4.13. The summed E-state index contributed by atoms with van der Waals surface area (Å²) in [4.78, 5) is 15.8. The molecule has 0 N–H and O–H groups in total. The SMILES string of the molecule is CCc1ccc(C(=O)N(C)c2ccccc2C#N)s1. The molecule has 0 unspecified atom stereocenters. The molecule has 0 saturated carbocycles. The Bertz CT molecular complexity index is 640. The Morgan fingerprint density at radius 1 is 1.32 bits per heavy atom. The van der Waals surface area contributed by atoms with Crippen molar-refractivity contribution in [3.63, 3.8) is 0 Å². The highest BCUT2D eigenvalue weighted by Gasteiger charge is 2.17. The van der Waals surface area contributed by atoms with E-state index in [1.54, 1.807) is 25.2 Å². The highest BCUT2D eigenvalue weighted by Crippen LogP contribution is 2.23. The average Bonchev–Trinajstić information content (AvgIpc) is 2.94. The third kappa shape index (κ3) is 2.67. The number of rotatable bonds is 3. The van der Waals surface area contributed by atoms with Crippen LogP contribution in [0.5, 0.6) is 0 Å². The molecule has 3 nitrogen and oxygen atoms in total. The fourth-order valence-corrected chi connectivity index (χ4v) is 2.74. The second-order valence-corrected chi connectivity index (χ2v) is 5.28. The van der Waals surface area contributed by atoms with Crippen LogP contribution in [0.4, 0.5) is 5.69 Å². The lowest BCUT2D eigenvalue weighted by molar-refractivity contribution is 0.0997. The van der Waals surface area contributed by atoms with Gasteiger partial charge in [0, 0.05) is 11.9 Å². The smallest absolute Gasteiger partial charge is 0.268 e. The minimum atomic E-state index is -0.0765. The van der Waals surface area contributed by atoms with Gasteiger partial charge < -0.3 is 4.90 Å². The van der Waals surface area contributed by atoms with Crippen molar-refractivity contribution in [2.45, 2.75) is 13.3 Å². The zero-order valence-corrected chi connectivity index (χ0v) is 11.7. The second-order valence-electron chi connectivity index (χ2n) is 4.11. The van der Waals surface area contributed by atoms with E-state index < -0.39 is 0 Å². The summed E-state index contributed by atoms with van der Waals surface area (Å²) < 4.78 is 0. The van der Waals surface area contributed by atoms with E-state index in [2.05, 4.69) is 13.0 Å². The molecule has 0 spiro atoms. The van der Waals surface area contributed by atoms with Crippen LogP contribution in [0.3, 0.4) is 0 Å². The molecule has 0 radical (unpaired) electrons. The first kappa shape index (κ1) is 13.3. The molecule has 1 aromatic heterocycles. The lowest BCUT2D eigenvalue weighted by Gasteiger charge is -2.17. The Balaban J connectivity index is 2.31. The maximum Gasteiger partial charge on any atom is 0.268 e. The van der Waals surface area contributed by atoms with E-state index in [0.29, 0.717) is 16.1 Å². The van der Waals surface area contributed by atoms with Crippen LogP contribution in [0.25, 0.3) is 0 Å². The third-order valence-electron chi connectivity index (χ3n) is 2.91. The van der Waals surface area contributed by atoms with Gasteiger partial charge in [0.2, 0.25) is 0 Å². The quantitative estimate of drug-likeness (QED) is 0.857. The van der Waals surface area contributed by atoms with Crippen LogP contribution in [-0.2, 0) is 6.42 Å². The minimum absolute atomic E-state index is 0.0765. The number of nitrogens with zero attached hydrogens (tertiary/aromatic N) is 2. The zero-order valence-electron chi connectivity index (χ0n) is 10.9. The molecule has 0 aliphatic carbocycles. The van der Waals surface area contributed by atoms with Crippen LogP contribution in [0.1, 0.15) is 27.0 Å². The first-order valence-electron chi connectivity index (χ1n) is 6.03. The van der Waals surface area contributed by atoms with E-state index >= 15 is 0 Å². The van der Waals surface area contributed by atoms with Gasteiger partial charge >= 0.3 is 0 Å². The molecule has 2 rings (SSSR count). The number of anilines is 1. The molecule has 0 fully saturated rings. The van der Waals surface area contributed by atoms with Gasteiger partial charge in [-0.05, 0) is 30.7 Å². The maximum atomic E-state index is 12.4. The normalized spacial score (nSPS) is 9.95. The fourth-order valence-electron chi connectivity index (χ4n) is 1.82. The first-order valence-corrected chi connectivity index (χ1v) is 6.85. The van der Waals surface area contributed by atoms with Gasteiger partial charge in [-0.25, -0.2) is 0 Å². The number of nitriles is 1. The van der Waals surface area contributed by atoms with Crippen molar-refractivity contribution in [1.82, 2.24) is 0 Å². The molecule has 0 aliphatic heterocycles. The molecular weight excluding hydrogens is 256 g/mol. The van der Waals surface area contributed by atoms with Crippen LogP contribution in [0, 0.1) is 11.3 Å². The lowest BCUT2D eigenvalue weighted by Crippen LogP contribution is -2.26. The predicted octanol–water partition coefficient (Wildman–Crippen LogP) is 3.46. The fraction of sp³-hybridized carbons (Fsp3) is 0.200. The topological polar surface area (TPSA) is 44.1 Å².